The van der Waals surface area contributed by atoms with Gasteiger partial charge in [-0.2, -0.15) is 0 Å². The topological polar surface area (TPSA) is 37.3 Å². The third-order valence-corrected chi connectivity index (χ3v) is 5.01. The van der Waals surface area contributed by atoms with Crippen LogP contribution in [0.5, 0.6) is 0 Å². The summed E-state index contributed by atoms with van der Waals surface area (Å²) >= 11 is 0. The fourth-order valence-electron chi connectivity index (χ4n) is 3.36. The summed E-state index contributed by atoms with van der Waals surface area (Å²) in [6.07, 6.45) is 4.69. The van der Waals surface area contributed by atoms with Crippen molar-refractivity contribution in [3.63, 3.8) is 0 Å². The predicted octanol–water partition coefficient (Wildman–Crippen LogP) is 6.18. The molecule has 0 aliphatic rings. The first-order valence-corrected chi connectivity index (χ1v) is 10.4. The van der Waals surface area contributed by atoms with Gasteiger partial charge in [-0.15, -0.1) is 0 Å². The lowest BCUT2D eigenvalue weighted by Gasteiger charge is -2.24. The smallest absolute Gasteiger partial charge is 0.322 e. The highest BCUT2D eigenvalue weighted by atomic mass is 19.2. The van der Waals surface area contributed by atoms with Gasteiger partial charge in [0, 0.05) is 36.7 Å². The van der Waals surface area contributed by atoms with Crippen LogP contribution in [-0.2, 0) is 13.1 Å². The van der Waals surface area contributed by atoms with Gasteiger partial charge < -0.3 is 14.8 Å². The number of urea groups is 1. The lowest BCUT2D eigenvalue weighted by molar-refractivity contribution is 0.206. The van der Waals surface area contributed by atoms with Crippen LogP contribution in [0.2, 0.25) is 0 Å². The number of hydrogen-bond acceptors (Lipinski definition) is 1. The fraction of sp³-hybridized carbons (Fsp3) is 0.292. The molecule has 164 valence electrons. The molecule has 7 heteroatoms. The number of carbonyl (C=O) groups excluding carboxylic acids is 1. The van der Waals surface area contributed by atoms with Crippen molar-refractivity contribution in [3.8, 4) is 0 Å². The van der Waals surface area contributed by atoms with Gasteiger partial charge in [-0.05, 0) is 48.4 Å². The van der Waals surface area contributed by atoms with Gasteiger partial charge in [0.2, 0.25) is 0 Å². The van der Waals surface area contributed by atoms with Crippen molar-refractivity contribution in [1.29, 1.82) is 0 Å². The summed E-state index contributed by atoms with van der Waals surface area (Å²) in [4.78, 5) is 14.5. The lowest BCUT2D eigenvalue weighted by Crippen LogP contribution is -2.36. The van der Waals surface area contributed by atoms with Crippen molar-refractivity contribution in [2.45, 2.75) is 39.3 Å². The zero-order chi connectivity index (χ0) is 22.2. The molecule has 0 aliphatic heterocycles. The molecule has 0 aliphatic carbocycles. The normalized spacial score (nSPS) is 10.8. The Kier molecular flexibility index (Phi) is 7.76. The summed E-state index contributed by atoms with van der Waals surface area (Å²) < 4.78 is 42.2. The van der Waals surface area contributed by atoms with E-state index in [-0.39, 0.29) is 17.5 Å². The van der Waals surface area contributed by atoms with Crippen LogP contribution >= 0.6 is 0 Å². The number of unbranched alkanes of at least 4 members (excludes halogenated alkanes) is 2. The SMILES string of the molecule is CCCCCN(Cc1cccn1Cc1cccc(F)c1)C(=O)Nc1ccc(F)c(F)c1. The minimum absolute atomic E-state index is 0.194. The van der Waals surface area contributed by atoms with Crippen LogP contribution in [0.1, 0.15) is 37.4 Å². The zero-order valence-electron chi connectivity index (χ0n) is 17.5. The Labute approximate surface area is 180 Å². The largest absolute Gasteiger partial charge is 0.345 e. The average molecular weight is 429 g/mol. The van der Waals surface area contributed by atoms with Gasteiger partial charge in [-0.1, -0.05) is 31.9 Å². The number of benzene rings is 2. The Hall–Kier alpha value is -3.22. The molecule has 0 atom stereocenters. The molecule has 1 heterocycles. The number of carbonyl (C=O) groups is 1. The van der Waals surface area contributed by atoms with E-state index in [1.54, 1.807) is 11.0 Å². The third-order valence-electron chi connectivity index (χ3n) is 5.01. The second kappa shape index (κ2) is 10.7. The summed E-state index contributed by atoms with van der Waals surface area (Å²) in [5, 5.41) is 2.65. The van der Waals surface area contributed by atoms with E-state index in [1.165, 1.54) is 18.2 Å². The number of nitrogens with zero attached hydrogens (tertiary/aromatic N) is 2. The molecule has 3 rings (SSSR count). The Morgan fingerprint density at radius 2 is 1.84 bits per heavy atom. The number of amides is 2. The Morgan fingerprint density at radius 3 is 2.58 bits per heavy atom. The summed E-state index contributed by atoms with van der Waals surface area (Å²) in [5.41, 5.74) is 1.90. The van der Waals surface area contributed by atoms with E-state index >= 15 is 0 Å². The second-order valence-electron chi connectivity index (χ2n) is 7.45. The van der Waals surface area contributed by atoms with Gasteiger partial charge in [0.25, 0.3) is 0 Å². The van der Waals surface area contributed by atoms with Crippen LogP contribution in [0.15, 0.2) is 60.8 Å². The molecule has 0 bridgehead atoms. The first-order chi connectivity index (χ1) is 15.0. The molecule has 31 heavy (non-hydrogen) atoms. The highest BCUT2D eigenvalue weighted by Gasteiger charge is 2.17. The lowest BCUT2D eigenvalue weighted by atomic mass is 10.2. The summed E-state index contributed by atoms with van der Waals surface area (Å²) in [6.45, 7) is 3.42. The van der Waals surface area contributed by atoms with Gasteiger partial charge in [0.1, 0.15) is 5.82 Å². The van der Waals surface area contributed by atoms with Crippen LogP contribution < -0.4 is 5.32 Å². The van der Waals surface area contributed by atoms with Crippen LogP contribution in [-0.4, -0.2) is 22.0 Å². The molecule has 3 aromatic rings. The average Bonchev–Trinajstić information content (AvgIpc) is 3.16. The molecule has 0 unspecified atom stereocenters. The standard InChI is InChI=1S/C24H26F3N3O/c1-2-3-4-12-30(24(31)28-20-10-11-22(26)23(27)15-20)17-21-9-6-13-29(21)16-18-7-5-8-19(25)14-18/h5-11,13-15H,2-4,12,16-17H2,1H3,(H,28,31). The van der Waals surface area contributed by atoms with E-state index in [0.717, 1.165) is 42.7 Å². The Bertz CT molecular complexity index is 1020. The molecule has 0 saturated carbocycles. The number of aromatic nitrogens is 1. The first-order valence-electron chi connectivity index (χ1n) is 10.4. The number of rotatable bonds is 9. The quantitative estimate of drug-likeness (QED) is 0.405. The Morgan fingerprint density at radius 1 is 1.00 bits per heavy atom. The zero-order valence-corrected chi connectivity index (χ0v) is 17.5. The van der Waals surface area contributed by atoms with E-state index in [9.17, 15) is 18.0 Å². The van der Waals surface area contributed by atoms with E-state index in [4.69, 9.17) is 0 Å². The van der Waals surface area contributed by atoms with Crippen LogP contribution in [0.4, 0.5) is 23.7 Å². The maximum atomic E-state index is 13.5. The maximum absolute atomic E-state index is 13.5. The third kappa shape index (κ3) is 6.38. The van der Waals surface area contributed by atoms with Crippen molar-refractivity contribution in [2.75, 3.05) is 11.9 Å². The molecule has 0 saturated heterocycles. The van der Waals surface area contributed by atoms with E-state index in [0.29, 0.717) is 19.6 Å². The number of hydrogen-bond donors (Lipinski definition) is 1. The van der Waals surface area contributed by atoms with Gasteiger partial charge in [0.15, 0.2) is 11.6 Å². The molecule has 1 N–H and O–H groups in total. The highest BCUT2D eigenvalue weighted by Crippen LogP contribution is 2.16. The van der Waals surface area contributed by atoms with Crippen molar-refractivity contribution in [1.82, 2.24) is 9.47 Å². The fourth-order valence-corrected chi connectivity index (χ4v) is 3.36. The first kappa shape index (κ1) is 22.5. The molecule has 1 aromatic heterocycles. The summed E-state index contributed by atoms with van der Waals surface area (Å²) in [6, 6.07) is 13.1. The van der Waals surface area contributed by atoms with Crippen LogP contribution in [0, 0.1) is 17.5 Å². The molecule has 0 fully saturated rings. The van der Waals surface area contributed by atoms with Gasteiger partial charge in [-0.3, -0.25) is 0 Å². The van der Waals surface area contributed by atoms with Crippen molar-refractivity contribution in [2.24, 2.45) is 0 Å². The van der Waals surface area contributed by atoms with E-state index in [1.807, 2.05) is 29.0 Å². The van der Waals surface area contributed by atoms with E-state index < -0.39 is 11.6 Å². The molecular weight excluding hydrogens is 403 g/mol. The summed E-state index contributed by atoms with van der Waals surface area (Å²) in [5.74, 6) is -2.27. The molecule has 0 spiro atoms. The number of nitrogens with one attached hydrogen (secondary N) is 1. The monoisotopic (exact) mass is 429 g/mol. The van der Waals surface area contributed by atoms with Gasteiger partial charge >= 0.3 is 6.03 Å². The van der Waals surface area contributed by atoms with Crippen LogP contribution in [0.25, 0.3) is 0 Å². The number of halogens is 3. The van der Waals surface area contributed by atoms with Crippen LogP contribution in [0.3, 0.4) is 0 Å². The Balaban J connectivity index is 1.74. The maximum Gasteiger partial charge on any atom is 0.322 e. The van der Waals surface area contributed by atoms with Crippen molar-refractivity contribution in [3.05, 3.63) is 89.5 Å². The highest BCUT2D eigenvalue weighted by molar-refractivity contribution is 5.89. The molecule has 4 nitrogen and oxygen atoms in total. The van der Waals surface area contributed by atoms with Crippen molar-refractivity contribution >= 4 is 11.7 Å². The molecular formula is C24H26F3N3O. The second-order valence-corrected chi connectivity index (χ2v) is 7.45. The molecule has 0 radical (unpaired) electrons. The minimum atomic E-state index is -1.01. The minimum Gasteiger partial charge on any atom is -0.345 e. The number of anilines is 1. The molecule has 2 aromatic carbocycles. The van der Waals surface area contributed by atoms with Crippen molar-refractivity contribution < 1.29 is 18.0 Å². The summed E-state index contributed by atoms with van der Waals surface area (Å²) in [7, 11) is 0. The predicted molar refractivity (Wildman–Crippen MR) is 115 cm³/mol. The van der Waals surface area contributed by atoms with E-state index in [2.05, 4.69) is 12.2 Å². The van der Waals surface area contributed by atoms with Gasteiger partial charge in [-0.25, -0.2) is 18.0 Å². The molecule has 2 amide bonds. The van der Waals surface area contributed by atoms with Gasteiger partial charge in [0.05, 0.1) is 6.54 Å².